The first-order valence-electron chi connectivity index (χ1n) is 24.6. The van der Waals surface area contributed by atoms with Gasteiger partial charge in [0, 0.05) is 6.42 Å². The van der Waals surface area contributed by atoms with Crippen molar-refractivity contribution in [2.45, 2.75) is 251 Å². The van der Waals surface area contributed by atoms with Gasteiger partial charge < -0.3 is 28.8 Å². The highest BCUT2D eigenvalue weighted by atomic mass is 31.2. The molecule has 0 saturated carbocycles. The lowest BCUT2D eigenvalue weighted by Gasteiger charge is -2.29. The fourth-order valence-electron chi connectivity index (χ4n) is 7.33. The molecule has 0 aliphatic rings. The molecule has 0 saturated heterocycles. The largest absolute Gasteiger partial charge is 0.756 e. The Morgan fingerprint density at radius 3 is 1.32 bits per heavy atom. The number of carbonyl (C=O) groups excluding carboxylic acids is 1. The summed E-state index contributed by atoms with van der Waals surface area (Å²) in [4.78, 5) is 25.0. The Labute approximate surface area is 354 Å². The summed E-state index contributed by atoms with van der Waals surface area (Å²) in [5.74, 6) is -0.208. The van der Waals surface area contributed by atoms with Gasteiger partial charge >= 0.3 is 0 Å². The summed E-state index contributed by atoms with van der Waals surface area (Å²) in [6, 6.07) is -0.877. The fraction of sp³-hybridized carbons (Fsp3) is 0.938. The first kappa shape index (κ1) is 56.2. The van der Waals surface area contributed by atoms with Gasteiger partial charge in [-0.2, -0.15) is 0 Å². The van der Waals surface area contributed by atoms with Gasteiger partial charge in [0.15, 0.2) is 0 Å². The zero-order valence-electron chi connectivity index (χ0n) is 38.6. The normalized spacial score (nSPS) is 14.3. The van der Waals surface area contributed by atoms with Crippen molar-refractivity contribution in [3.63, 3.8) is 0 Å². The molecule has 0 bridgehead atoms. The number of nitrogens with zero attached hydrogens (tertiary/aromatic N) is 1. The Hall–Kier alpha value is -0.760. The maximum atomic E-state index is 12.6. The van der Waals surface area contributed by atoms with Gasteiger partial charge in [0.2, 0.25) is 5.91 Å². The standard InChI is InChI=1S/C48H97N2O6P/c1-6-8-10-12-13-14-15-16-17-18-19-20-21-22-23-24-25-26-27-28-29-30-31-32-33-34-35-36-38-39-41-47(51)46(49-48(52)42-40-37-11-9-7-2)45-56-57(53,54)55-44-43-50(3,4)5/h39,41,46-47,51H,6-38,40,42-45H2,1-5H3,(H-,49,52,53,54)/b41-39+. The van der Waals surface area contributed by atoms with Crippen molar-refractivity contribution < 1.29 is 32.9 Å². The van der Waals surface area contributed by atoms with Gasteiger partial charge in [-0.05, 0) is 19.3 Å². The number of phosphoric acid groups is 1. The second-order valence-electron chi connectivity index (χ2n) is 18.2. The minimum atomic E-state index is -4.57. The molecule has 0 rings (SSSR count). The Morgan fingerprint density at radius 1 is 0.596 bits per heavy atom. The van der Waals surface area contributed by atoms with E-state index in [4.69, 9.17) is 9.05 Å². The number of phosphoric ester groups is 1. The molecule has 8 nitrogen and oxygen atoms in total. The molecular weight excluding hydrogens is 732 g/mol. The summed E-state index contributed by atoms with van der Waals surface area (Å²) in [7, 11) is 1.27. The Balaban J connectivity index is 3.90. The number of aliphatic hydroxyl groups is 1. The van der Waals surface area contributed by atoms with Crippen LogP contribution in [0.25, 0.3) is 0 Å². The third kappa shape index (κ3) is 43.1. The molecule has 57 heavy (non-hydrogen) atoms. The Morgan fingerprint density at radius 2 is 0.947 bits per heavy atom. The molecule has 3 unspecified atom stereocenters. The molecule has 0 aromatic carbocycles. The molecule has 0 fully saturated rings. The maximum Gasteiger partial charge on any atom is 0.268 e. The van der Waals surface area contributed by atoms with Crippen LogP contribution in [-0.4, -0.2) is 68.5 Å². The summed E-state index contributed by atoms with van der Waals surface area (Å²) in [6.45, 7) is 4.57. The lowest BCUT2D eigenvalue weighted by molar-refractivity contribution is -0.870. The summed E-state index contributed by atoms with van der Waals surface area (Å²) < 4.78 is 23.1. The van der Waals surface area contributed by atoms with E-state index < -0.39 is 20.0 Å². The molecule has 0 aromatic heterocycles. The highest BCUT2D eigenvalue weighted by molar-refractivity contribution is 7.45. The first-order valence-corrected chi connectivity index (χ1v) is 26.0. The first-order chi connectivity index (χ1) is 27.5. The van der Waals surface area contributed by atoms with Crippen LogP contribution in [0.3, 0.4) is 0 Å². The fourth-order valence-corrected chi connectivity index (χ4v) is 8.05. The summed E-state index contributed by atoms with van der Waals surface area (Å²) in [5.41, 5.74) is 0. The van der Waals surface area contributed by atoms with Gasteiger partial charge in [-0.25, -0.2) is 0 Å². The van der Waals surface area contributed by atoms with Gasteiger partial charge in [0.05, 0.1) is 39.9 Å². The molecule has 1 amide bonds. The van der Waals surface area contributed by atoms with Gasteiger partial charge in [0.1, 0.15) is 13.2 Å². The number of unbranched alkanes of at least 4 members (excludes halogenated alkanes) is 32. The zero-order valence-corrected chi connectivity index (χ0v) is 39.5. The van der Waals surface area contributed by atoms with Gasteiger partial charge in [-0.15, -0.1) is 0 Å². The van der Waals surface area contributed by atoms with Crippen LogP contribution in [0.15, 0.2) is 12.2 Å². The second-order valence-corrected chi connectivity index (χ2v) is 19.6. The average molecular weight is 829 g/mol. The van der Waals surface area contributed by atoms with Gasteiger partial charge in [-0.1, -0.05) is 225 Å². The summed E-state index contributed by atoms with van der Waals surface area (Å²) in [6.07, 6.45) is 47.7. The van der Waals surface area contributed by atoms with Crippen LogP contribution in [0.2, 0.25) is 0 Å². The number of amides is 1. The van der Waals surface area contributed by atoms with Crippen molar-refractivity contribution in [1.29, 1.82) is 0 Å². The van der Waals surface area contributed by atoms with Crippen molar-refractivity contribution >= 4 is 13.7 Å². The van der Waals surface area contributed by atoms with Crippen molar-refractivity contribution in [2.24, 2.45) is 0 Å². The number of hydrogen-bond donors (Lipinski definition) is 2. The van der Waals surface area contributed by atoms with Crippen molar-refractivity contribution in [3.8, 4) is 0 Å². The highest BCUT2D eigenvalue weighted by Gasteiger charge is 2.23. The topological polar surface area (TPSA) is 108 Å². The number of likely N-dealkylation sites (N-methyl/N-ethyl adjacent to an activating group) is 1. The van der Waals surface area contributed by atoms with Crippen LogP contribution < -0.4 is 10.2 Å². The van der Waals surface area contributed by atoms with Gasteiger partial charge in [-0.3, -0.25) is 9.36 Å². The third-order valence-electron chi connectivity index (χ3n) is 11.2. The molecular formula is C48H97N2O6P. The molecule has 0 aliphatic heterocycles. The molecule has 0 aliphatic carbocycles. The van der Waals surface area contributed by atoms with Crippen molar-refractivity contribution in [1.82, 2.24) is 5.32 Å². The lowest BCUT2D eigenvalue weighted by atomic mass is 10.0. The van der Waals surface area contributed by atoms with Crippen LogP contribution in [0.4, 0.5) is 0 Å². The number of nitrogens with one attached hydrogen (secondary N) is 1. The van der Waals surface area contributed by atoms with Crippen molar-refractivity contribution in [2.75, 3.05) is 40.9 Å². The van der Waals surface area contributed by atoms with E-state index >= 15 is 0 Å². The molecule has 340 valence electrons. The van der Waals surface area contributed by atoms with E-state index in [0.29, 0.717) is 17.4 Å². The summed E-state index contributed by atoms with van der Waals surface area (Å²) >= 11 is 0. The third-order valence-corrected chi connectivity index (χ3v) is 12.2. The van der Waals surface area contributed by atoms with E-state index in [1.54, 1.807) is 6.08 Å². The van der Waals surface area contributed by atoms with E-state index in [1.807, 2.05) is 27.2 Å². The zero-order chi connectivity index (χ0) is 42.1. The number of aliphatic hydroxyl groups excluding tert-OH is 1. The molecule has 3 atom stereocenters. The number of rotatable bonds is 45. The van der Waals surface area contributed by atoms with Crippen LogP contribution in [0.1, 0.15) is 239 Å². The molecule has 0 radical (unpaired) electrons. The molecule has 9 heteroatoms. The van der Waals surface area contributed by atoms with E-state index in [-0.39, 0.29) is 19.1 Å². The van der Waals surface area contributed by atoms with Crippen molar-refractivity contribution in [3.05, 3.63) is 12.2 Å². The number of carbonyl (C=O) groups is 1. The predicted octanol–water partition coefficient (Wildman–Crippen LogP) is 13.3. The Kier molecular flexibility index (Phi) is 40.1. The van der Waals surface area contributed by atoms with E-state index in [1.165, 1.54) is 167 Å². The van der Waals surface area contributed by atoms with Crippen LogP contribution in [0, 0.1) is 0 Å². The Bertz CT molecular complexity index is 942. The van der Waals surface area contributed by atoms with E-state index in [9.17, 15) is 19.4 Å². The minimum absolute atomic E-state index is 0.00118. The van der Waals surface area contributed by atoms with Crippen LogP contribution in [0.5, 0.6) is 0 Å². The lowest BCUT2D eigenvalue weighted by Crippen LogP contribution is -2.45. The smallest absolute Gasteiger partial charge is 0.268 e. The summed E-state index contributed by atoms with van der Waals surface area (Å²) in [5, 5.41) is 13.7. The molecule has 2 N–H and O–H groups in total. The van der Waals surface area contributed by atoms with Crippen LogP contribution >= 0.6 is 7.82 Å². The minimum Gasteiger partial charge on any atom is -0.756 e. The van der Waals surface area contributed by atoms with Crippen LogP contribution in [-0.2, 0) is 18.4 Å². The SMILES string of the molecule is CCCCCCCCCCCCCCCCCCCCCCCCCCCCCC/C=C/C(O)C(COP(=O)([O-])OCC[N+](C)(C)C)NC(=O)CCCCCCC. The highest BCUT2D eigenvalue weighted by Crippen LogP contribution is 2.38. The quantitative estimate of drug-likeness (QED) is 0.0274. The number of quaternary nitrogens is 1. The molecule has 0 spiro atoms. The number of hydrogen-bond acceptors (Lipinski definition) is 6. The van der Waals surface area contributed by atoms with E-state index in [2.05, 4.69) is 19.2 Å². The molecule has 0 aromatic rings. The number of allylic oxidation sites excluding steroid dienone is 1. The van der Waals surface area contributed by atoms with E-state index in [0.717, 1.165) is 51.4 Å². The monoisotopic (exact) mass is 829 g/mol. The second kappa shape index (κ2) is 40.6. The van der Waals surface area contributed by atoms with Gasteiger partial charge in [0.25, 0.3) is 7.82 Å². The maximum absolute atomic E-state index is 12.6. The predicted molar refractivity (Wildman–Crippen MR) is 242 cm³/mol. The molecule has 0 heterocycles. The average Bonchev–Trinajstić information content (AvgIpc) is 3.16.